The molecule has 5 heteroatoms. The highest BCUT2D eigenvalue weighted by molar-refractivity contribution is 6.31. The third-order valence-corrected chi connectivity index (χ3v) is 2.72. The normalized spacial score (nSPS) is 9.71. The molecule has 0 unspecified atom stereocenters. The van der Waals surface area contributed by atoms with Crippen molar-refractivity contribution in [3.05, 3.63) is 46.6 Å². The Morgan fingerprint density at radius 3 is 2.71 bits per heavy atom. The first-order chi connectivity index (χ1) is 8.20. The topological polar surface area (TPSA) is 61.6 Å². The Morgan fingerprint density at radius 1 is 1.24 bits per heavy atom. The van der Waals surface area contributed by atoms with Gasteiger partial charge in [-0.1, -0.05) is 17.7 Å². The van der Waals surface area contributed by atoms with E-state index in [1.807, 2.05) is 31.2 Å². The molecule has 0 saturated heterocycles. The van der Waals surface area contributed by atoms with Crippen LogP contribution in [0.25, 0.3) is 0 Å². The van der Waals surface area contributed by atoms with Crippen molar-refractivity contribution in [1.29, 1.82) is 5.26 Å². The van der Waals surface area contributed by atoms with Gasteiger partial charge in [0.15, 0.2) is 11.5 Å². The van der Waals surface area contributed by atoms with Crippen LogP contribution >= 0.6 is 11.6 Å². The van der Waals surface area contributed by atoms with Crippen LogP contribution in [0.3, 0.4) is 0 Å². The molecule has 1 heterocycles. The van der Waals surface area contributed by atoms with E-state index in [4.69, 9.17) is 16.9 Å². The summed E-state index contributed by atoms with van der Waals surface area (Å²) in [7, 11) is 0. The van der Waals surface area contributed by atoms with Crippen LogP contribution in [-0.2, 0) is 0 Å². The molecule has 0 saturated carbocycles. The number of rotatable bonds is 2. The van der Waals surface area contributed by atoms with E-state index in [1.165, 1.54) is 0 Å². The lowest BCUT2D eigenvalue weighted by Crippen LogP contribution is -1.98. The lowest BCUT2D eigenvalue weighted by Gasteiger charge is -2.08. The molecule has 0 atom stereocenters. The van der Waals surface area contributed by atoms with Gasteiger partial charge in [0, 0.05) is 10.7 Å². The smallest absolute Gasteiger partial charge is 0.163 e. The summed E-state index contributed by atoms with van der Waals surface area (Å²) in [6, 6.07) is 10.8. The van der Waals surface area contributed by atoms with Crippen molar-refractivity contribution in [3.63, 3.8) is 0 Å². The molecule has 17 heavy (non-hydrogen) atoms. The van der Waals surface area contributed by atoms with Gasteiger partial charge < -0.3 is 5.32 Å². The fraction of sp³-hybridized carbons (Fsp3) is 0.0833. The van der Waals surface area contributed by atoms with Crippen molar-refractivity contribution >= 4 is 23.1 Å². The Morgan fingerprint density at radius 2 is 2.06 bits per heavy atom. The van der Waals surface area contributed by atoms with Gasteiger partial charge in [-0.25, -0.2) is 0 Å². The molecular weight excluding hydrogens is 236 g/mol. The summed E-state index contributed by atoms with van der Waals surface area (Å²) in [5, 5.41) is 20.0. The van der Waals surface area contributed by atoms with Crippen molar-refractivity contribution < 1.29 is 0 Å². The van der Waals surface area contributed by atoms with Gasteiger partial charge in [-0.3, -0.25) is 0 Å². The molecule has 84 valence electrons. The SMILES string of the molecule is Cc1c(Cl)cccc1Nc1ccc(C#N)nn1. The summed E-state index contributed by atoms with van der Waals surface area (Å²) in [5.41, 5.74) is 2.11. The number of hydrogen-bond donors (Lipinski definition) is 1. The first kappa shape index (κ1) is 11.4. The number of anilines is 2. The van der Waals surface area contributed by atoms with Crippen LogP contribution in [0.2, 0.25) is 5.02 Å². The van der Waals surface area contributed by atoms with Gasteiger partial charge in [0.2, 0.25) is 0 Å². The molecule has 0 bridgehead atoms. The molecule has 2 aromatic rings. The van der Waals surface area contributed by atoms with E-state index in [-0.39, 0.29) is 0 Å². The molecule has 0 aliphatic carbocycles. The van der Waals surface area contributed by atoms with E-state index in [1.54, 1.807) is 12.1 Å². The van der Waals surface area contributed by atoms with Crippen molar-refractivity contribution in [3.8, 4) is 6.07 Å². The Bertz CT molecular complexity index is 572. The van der Waals surface area contributed by atoms with Crippen LogP contribution < -0.4 is 5.32 Å². The molecule has 4 nitrogen and oxygen atoms in total. The molecule has 0 spiro atoms. The fourth-order valence-corrected chi connectivity index (χ4v) is 1.51. The number of nitrogens with zero attached hydrogens (tertiary/aromatic N) is 3. The van der Waals surface area contributed by atoms with Gasteiger partial charge in [-0.05, 0) is 36.8 Å². The number of nitrogens with one attached hydrogen (secondary N) is 1. The van der Waals surface area contributed by atoms with Crippen molar-refractivity contribution in [2.45, 2.75) is 6.92 Å². The average molecular weight is 245 g/mol. The largest absolute Gasteiger partial charge is 0.338 e. The predicted octanol–water partition coefficient (Wildman–Crippen LogP) is 3.05. The highest BCUT2D eigenvalue weighted by Crippen LogP contribution is 2.25. The molecule has 1 aromatic heterocycles. The number of benzene rings is 1. The molecule has 0 aliphatic heterocycles. The maximum absolute atomic E-state index is 8.61. The van der Waals surface area contributed by atoms with Gasteiger partial charge in [-0.15, -0.1) is 10.2 Å². The number of nitriles is 1. The van der Waals surface area contributed by atoms with Crippen LogP contribution in [0, 0.1) is 18.3 Å². The minimum absolute atomic E-state index is 0.290. The van der Waals surface area contributed by atoms with Crippen molar-refractivity contribution in [2.75, 3.05) is 5.32 Å². The highest BCUT2D eigenvalue weighted by Gasteiger charge is 2.03. The Labute approximate surface area is 104 Å². The monoisotopic (exact) mass is 244 g/mol. The van der Waals surface area contributed by atoms with E-state index in [0.29, 0.717) is 16.5 Å². The quantitative estimate of drug-likeness (QED) is 0.882. The summed E-state index contributed by atoms with van der Waals surface area (Å²) < 4.78 is 0. The maximum atomic E-state index is 8.61. The van der Waals surface area contributed by atoms with Crippen LogP contribution in [-0.4, -0.2) is 10.2 Å². The Hall–Kier alpha value is -2.12. The van der Waals surface area contributed by atoms with Gasteiger partial charge >= 0.3 is 0 Å². The van der Waals surface area contributed by atoms with E-state index in [2.05, 4.69) is 15.5 Å². The second-order valence-electron chi connectivity index (χ2n) is 3.45. The van der Waals surface area contributed by atoms with Gasteiger partial charge in [0.1, 0.15) is 6.07 Å². The molecule has 0 radical (unpaired) electrons. The predicted molar refractivity (Wildman–Crippen MR) is 66.2 cm³/mol. The standard InChI is InChI=1S/C12H9ClN4/c1-8-10(13)3-2-4-11(8)15-12-6-5-9(7-14)16-17-12/h2-6H,1H3,(H,15,17). The molecule has 1 N–H and O–H groups in total. The summed E-state index contributed by atoms with van der Waals surface area (Å²) in [6.07, 6.45) is 0. The lowest BCUT2D eigenvalue weighted by atomic mass is 10.2. The molecule has 0 amide bonds. The molecular formula is C12H9ClN4. The molecule has 0 fully saturated rings. The number of hydrogen-bond acceptors (Lipinski definition) is 4. The number of halogens is 1. The second kappa shape index (κ2) is 4.81. The number of aromatic nitrogens is 2. The third-order valence-electron chi connectivity index (χ3n) is 2.31. The molecule has 1 aromatic carbocycles. The highest BCUT2D eigenvalue weighted by atomic mass is 35.5. The van der Waals surface area contributed by atoms with Gasteiger partial charge in [0.05, 0.1) is 0 Å². The van der Waals surface area contributed by atoms with E-state index in [0.717, 1.165) is 11.3 Å². The van der Waals surface area contributed by atoms with E-state index >= 15 is 0 Å². The van der Waals surface area contributed by atoms with E-state index in [9.17, 15) is 0 Å². The third kappa shape index (κ3) is 2.52. The summed E-state index contributed by atoms with van der Waals surface area (Å²) in [5.74, 6) is 0.578. The maximum Gasteiger partial charge on any atom is 0.163 e. The molecule has 2 rings (SSSR count). The fourth-order valence-electron chi connectivity index (χ4n) is 1.34. The Kier molecular flexibility index (Phi) is 3.22. The zero-order valence-corrected chi connectivity index (χ0v) is 9.86. The van der Waals surface area contributed by atoms with Crippen molar-refractivity contribution in [2.24, 2.45) is 0 Å². The first-order valence-electron chi connectivity index (χ1n) is 4.96. The zero-order valence-electron chi connectivity index (χ0n) is 9.11. The van der Waals surface area contributed by atoms with Gasteiger partial charge in [-0.2, -0.15) is 5.26 Å². The minimum atomic E-state index is 0.290. The van der Waals surface area contributed by atoms with Crippen molar-refractivity contribution in [1.82, 2.24) is 10.2 Å². The average Bonchev–Trinajstić information content (AvgIpc) is 2.36. The minimum Gasteiger partial charge on any atom is -0.338 e. The molecule has 0 aliphatic rings. The van der Waals surface area contributed by atoms with Gasteiger partial charge in [0.25, 0.3) is 0 Å². The summed E-state index contributed by atoms with van der Waals surface area (Å²) in [4.78, 5) is 0. The second-order valence-corrected chi connectivity index (χ2v) is 3.86. The Balaban J connectivity index is 2.26. The summed E-state index contributed by atoms with van der Waals surface area (Å²) in [6.45, 7) is 1.92. The lowest BCUT2D eigenvalue weighted by molar-refractivity contribution is 1.01. The van der Waals surface area contributed by atoms with E-state index < -0.39 is 0 Å². The summed E-state index contributed by atoms with van der Waals surface area (Å²) >= 11 is 6.01. The van der Waals surface area contributed by atoms with Crippen LogP contribution in [0.15, 0.2) is 30.3 Å². The zero-order chi connectivity index (χ0) is 12.3. The van der Waals surface area contributed by atoms with Crippen LogP contribution in [0.1, 0.15) is 11.3 Å². The first-order valence-corrected chi connectivity index (χ1v) is 5.34. The van der Waals surface area contributed by atoms with Crippen LogP contribution in [0.5, 0.6) is 0 Å². The van der Waals surface area contributed by atoms with Crippen LogP contribution in [0.4, 0.5) is 11.5 Å².